The molecule has 2 saturated heterocycles. The largest absolute Gasteiger partial charge is 0.490 e. The monoisotopic (exact) mass is 425 g/mol. The van der Waals surface area contributed by atoms with E-state index >= 15 is 0 Å². The molecular formula is C20H22F3N3O4. The van der Waals surface area contributed by atoms with Gasteiger partial charge in [-0.3, -0.25) is 14.9 Å². The van der Waals surface area contributed by atoms with Gasteiger partial charge < -0.3 is 14.6 Å². The number of likely N-dealkylation sites (tertiary alicyclic amines) is 1. The molecule has 1 spiro atoms. The minimum Gasteiger partial charge on any atom is -0.486 e. The van der Waals surface area contributed by atoms with Gasteiger partial charge in [-0.2, -0.15) is 13.2 Å². The van der Waals surface area contributed by atoms with Gasteiger partial charge in [-0.15, -0.1) is 0 Å². The first-order chi connectivity index (χ1) is 14.3. The first-order valence-electron chi connectivity index (χ1n) is 9.38. The Labute approximate surface area is 171 Å². The van der Waals surface area contributed by atoms with Crippen molar-refractivity contribution in [1.29, 1.82) is 0 Å². The highest BCUT2D eigenvalue weighted by Gasteiger charge is 2.46. The van der Waals surface area contributed by atoms with Gasteiger partial charge in [-0.05, 0) is 30.2 Å². The summed E-state index contributed by atoms with van der Waals surface area (Å²) in [6.45, 7) is 3.63. The predicted octanol–water partition coefficient (Wildman–Crippen LogP) is 2.92. The van der Waals surface area contributed by atoms with E-state index in [-0.39, 0.29) is 11.7 Å². The third-order valence-corrected chi connectivity index (χ3v) is 4.88. The lowest BCUT2D eigenvalue weighted by Gasteiger charge is -2.23. The molecule has 4 rings (SSSR count). The molecule has 0 bridgehead atoms. The Kier molecular flexibility index (Phi) is 6.88. The van der Waals surface area contributed by atoms with Gasteiger partial charge in [-0.1, -0.05) is 6.07 Å². The van der Waals surface area contributed by atoms with Crippen LogP contribution in [0.3, 0.4) is 0 Å². The summed E-state index contributed by atoms with van der Waals surface area (Å²) in [5.74, 6) is -1.93. The number of hydrogen-bond acceptors (Lipinski definition) is 6. The van der Waals surface area contributed by atoms with Crippen LogP contribution in [0.1, 0.15) is 18.4 Å². The summed E-state index contributed by atoms with van der Waals surface area (Å²) in [4.78, 5) is 19.6. The highest BCUT2D eigenvalue weighted by Crippen LogP contribution is 2.37. The highest BCUT2D eigenvalue weighted by atomic mass is 19.4. The zero-order chi connectivity index (χ0) is 21.6. The number of aromatic nitrogens is 2. The number of ether oxygens (including phenoxy) is 2. The van der Waals surface area contributed by atoms with E-state index in [1.165, 1.54) is 5.56 Å². The van der Waals surface area contributed by atoms with Crippen molar-refractivity contribution in [3.63, 3.8) is 0 Å². The van der Waals surface area contributed by atoms with E-state index in [9.17, 15) is 13.2 Å². The van der Waals surface area contributed by atoms with E-state index in [1.807, 2.05) is 30.6 Å². The minimum absolute atomic E-state index is 0.0465. The van der Waals surface area contributed by atoms with Crippen molar-refractivity contribution in [3.05, 3.63) is 54.6 Å². The van der Waals surface area contributed by atoms with Crippen LogP contribution in [0.2, 0.25) is 0 Å². The van der Waals surface area contributed by atoms with Crippen molar-refractivity contribution in [2.45, 2.75) is 37.3 Å². The maximum atomic E-state index is 10.6. The average molecular weight is 425 g/mol. The van der Waals surface area contributed by atoms with Crippen molar-refractivity contribution in [2.24, 2.45) is 0 Å². The smallest absolute Gasteiger partial charge is 0.486 e. The third-order valence-electron chi connectivity index (χ3n) is 4.88. The maximum absolute atomic E-state index is 10.6. The molecule has 2 aliphatic heterocycles. The minimum atomic E-state index is -5.08. The second-order valence-corrected chi connectivity index (χ2v) is 7.25. The van der Waals surface area contributed by atoms with Gasteiger partial charge in [0, 0.05) is 44.6 Å². The SMILES string of the molecule is O=C(O)C(F)(F)F.c1cncc(CN2CCC3(CC(Oc4cccnc4)CO3)C2)c1. The number of hydrogen-bond donors (Lipinski definition) is 1. The summed E-state index contributed by atoms with van der Waals surface area (Å²) in [6.07, 6.45) is 4.33. The molecule has 2 atom stereocenters. The first-order valence-corrected chi connectivity index (χ1v) is 9.38. The normalized spacial score (nSPS) is 23.8. The van der Waals surface area contributed by atoms with Gasteiger partial charge in [0.05, 0.1) is 18.4 Å². The predicted molar refractivity (Wildman–Crippen MR) is 99.8 cm³/mol. The Hall–Kier alpha value is -2.72. The summed E-state index contributed by atoms with van der Waals surface area (Å²) < 4.78 is 43.9. The zero-order valence-corrected chi connectivity index (χ0v) is 16.1. The number of nitrogens with zero attached hydrogens (tertiary/aromatic N) is 3. The van der Waals surface area contributed by atoms with E-state index < -0.39 is 12.1 Å². The van der Waals surface area contributed by atoms with Gasteiger partial charge >= 0.3 is 12.1 Å². The van der Waals surface area contributed by atoms with Crippen molar-refractivity contribution in [2.75, 3.05) is 19.7 Å². The summed E-state index contributed by atoms with van der Waals surface area (Å²) in [5, 5.41) is 7.12. The van der Waals surface area contributed by atoms with Crippen LogP contribution >= 0.6 is 0 Å². The van der Waals surface area contributed by atoms with Gasteiger partial charge in [-0.25, -0.2) is 4.79 Å². The molecule has 7 nitrogen and oxygen atoms in total. The number of carboxylic acids is 1. The van der Waals surface area contributed by atoms with Gasteiger partial charge in [0.25, 0.3) is 0 Å². The number of carbonyl (C=O) groups is 1. The average Bonchev–Trinajstić information content (AvgIpc) is 3.29. The Morgan fingerprint density at radius 3 is 2.57 bits per heavy atom. The van der Waals surface area contributed by atoms with E-state index in [4.69, 9.17) is 19.4 Å². The molecule has 0 saturated carbocycles. The molecule has 2 unspecified atom stereocenters. The molecule has 2 fully saturated rings. The van der Waals surface area contributed by atoms with E-state index in [0.29, 0.717) is 6.61 Å². The fraction of sp³-hybridized carbons (Fsp3) is 0.450. The number of halogens is 3. The number of pyridine rings is 2. The molecule has 2 aromatic rings. The number of rotatable bonds is 4. The molecule has 4 heterocycles. The molecule has 2 aliphatic rings. The van der Waals surface area contributed by atoms with Crippen LogP contribution < -0.4 is 4.74 Å². The van der Waals surface area contributed by atoms with Crippen LogP contribution in [0.4, 0.5) is 13.2 Å². The lowest BCUT2D eigenvalue weighted by atomic mass is 9.98. The molecule has 1 N–H and O–H groups in total. The van der Waals surface area contributed by atoms with Crippen LogP contribution in [0, 0.1) is 0 Å². The van der Waals surface area contributed by atoms with Crippen molar-refractivity contribution >= 4 is 5.97 Å². The number of carboxylic acid groups (broad SMARTS) is 1. The molecule has 0 aliphatic carbocycles. The molecular weight excluding hydrogens is 403 g/mol. The third kappa shape index (κ3) is 6.14. The van der Waals surface area contributed by atoms with Gasteiger partial charge in [0.15, 0.2) is 0 Å². The van der Waals surface area contributed by atoms with Crippen molar-refractivity contribution < 1.29 is 32.5 Å². The van der Waals surface area contributed by atoms with Crippen LogP contribution in [-0.2, 0) is 16.1 Å². The van der Waals surface area contributed by atoms with Crippen molar-refractivity contribution in [1.82, 2.24) is 14.9 Å². The summed E-state index contributed by atoms with van der Waals surface area (Å²) in [5.41, 5.74) is 1.21. The van der Waals surface area contributed by atoms with Gasteiger partial charge in [0.1, 0.15) is 11.9 Å². The molecule has 10 heteroatoms. The lowest BCUT2D eigenvalue weighted by molar-refractivity contribution is -0.192. The van der Waals surface area contributed by atoms with Gasteiger partial charge in [0.2, 0.25) is 0 Å². The van der Waals surface area contributed by atoms with E-state index in [1.54, 1.807) is 12.4 Å². The van der Waals surface area contributed by atoms with E-state index in [0.717, 1.165) is 38.2 Å². The molecule has 0 aromatic carbocycles. The van der Waals surface area contributed by atoms with Crippen LogP contribution in [0.15, 0.2) is 49.1 Å². The highest BCUT2D eigenvalue weighted by molar-refractivity contribution is 5.73. The van der Waals surface area contributed by atoms with Crippen LogP contribution in [-0.4, -0.2) is 63.5 Å². The number of alkyl halides is 3. The zero-order valence-electron chi connectivity index (χ0n) is 16.1. The Morgan fingerprint density at radius 1 is 1.27 bits per heavy atom. The first kappa shape index (κ1) is 22.0. The molecule has 30 heavy (non-hydrogen) atoms. The Balaban J connectivity index is 0.000000318. The van der Waals surface area contributed by atoms with Crippen LogP contribution in [0.25, 0.3) is 0 Å². The fourth-order valence-corrected chi connectivity index (χ4v) is 3.58. The molecule has 2 aromatic heterocycles. The summed E-state index contributed by atoms with van der Waals surface area (Å²) >= 11 is 0. The topological polar surface area (TPSA) is 84.8 Å². The fourth-order valence-electron chi connectivity index (χ4n) is 3.58. The summed E-state index contributed by atoms with van der Waals surface area (Å²) in [6, 6.07) is 7.96. The number of aliphatic carboxylic acids is 1. The lowest BCUT2D eigenvalue weighted by Crippen LogP contribution is -2.33. The standard InChI is InChI=1S/C18H21N3O2.C2HF3O2/c1-3-15(10-19-6-1)12-21-8-5-18(14-21)9-17(13-22-18)23-16-4-2-7-20-11-16;3-2(4,5)1(6)7/h1-4,6-7,10-11,17H,5,8-9,12-14H2;(H,6,7). The molecule has 0 amide bonds. The Bertz CT molecular complexity index is 764. The van der Waals surface area contributed by atoms with E-state index in [2.05, 4.69) is 20.9 Å². The second-order valence-electron chi connectivity index (χ2n) is 7.25. The second kappa shape index (κ2) is 9.40. The summed E-state index contributed by atoms with van der Waals surface area (Å²) in [7, 11) is 0. The molecule has 162 valence electrons. The molecule has 0 radical (unpaired) electrons. The Morgan fingerprint density at radius 2 is 1.97 bits per heavy atom. The quantitative estimate of drug-likeness (QED) is 0.806. The van der Waals surface area contributed by atoms with Crippen molar-refractivity contribution in [3.8, 4) is 5.75 Å². The maximum Gasteiger partial charge on any atom is 0.490 e. The van der Waals surface area contributed by atoms with Crippen LogP contribution in [0.5, 0.6) is 5.75 Å².